The van der Waals surface area contributed by atoms with Crippen LogP contribution in [0.1, 0.15) is 21.5 Å². The molecule has 0 saturated heterocycles. The van der Waals surface area contributed by atoms with Crippen molar-refractivity contribution in [2.75, 3.05) is 5.32 Å². The Morgan fingerprint density at radius 2 is 1.79 bits per heavy atom. The van der Waals surface area contributed by atoms with Crippen LogP contribution >= 0.6 is 0 Å². The number of rotatable bonds is 3. The summed E-state index contributed by atoms with van der Waals surface area (Å²) in [6.07, 6.45) is 3.29. The Morgan fingerprint density at radius 3 is 2.54 bits per heavy atom. The molecule has 0 radical (unpaired) electrons. The molecule has 0 bridgehead atoms. The molecule has 28 heavy (non-hydrogen) atoms. The van der Waals surface area contributed by atoms with Crippen LogP contribution in [-0.4, -0.2) is 10.9 Å². The summed E-state index contributed by atoms with van der Waals surface area (Å²) in [6.45, 7) is 3.60. The van der Waals surface area contributed by atoms with Gasteiger partial charge in [0.1, 0.15) is 5.76 Å². The molecular weight excluding hydrogens is 352 g/mol. The number of para-hydroxylation sites is 1. The highest BCUT2D eigenvalue weighted by molar-refractivity contribution is 6.11. The van der Waals surface area contributed by atoms with E-state index in [1.54, 1.807) is 43.6 Å². The van der Waals surface area contributed by atoms with Crippen molar-refractivity contribution in [3.63, 3.8) is 0 Å². The van der Waals surface area contributed by atoms with Gasteiger partial charge in [0, 0.05) is 29.2 Å². The lowest BCUT2D eigenvalue weighted by atomic mass is 10.0. The molecule has 2 heterocycles. The highest BCUT2D eigenvalue weighted by Gasteiger charge is 2.18. The zero-order valence-corrected chi connectivity index (χ0v) is 15.5. The van der Waals surface area contributed by atoms with Crippen molar-refractivity contribution in [1.29, 1.82) is 0 Å². The number of aromatic nitrogens is 1. The summed E-state index contributed by atoms with van der Waals surface area (Å²) in [5.41, 5.74) is 3.26. The number of nitrogens with zero attached hydrogens (tertiary/aromatic N) is 1. The smallest absolute Gasteiger partial charge is 0.259 e. The van der Waals surface area contributed by atoms with E-state index < -0.39 is 0 Å². The van der Waals surface area contributed by atoms with Crippen molar-refractivity contribution in [3.8, 4) is 11.3 Å². The molecular formula is C23H18N2O3. The molecule has 0 aliphatic carbocycles. The quantitative estimate of drug-likeness (QED) is 0.566. The summed E-state index contributed by atoms with van der Waals surface area (Å²) in [5, 5.41) is 3.26. The summed E-state index contributed by atoms with van der Waals surface area (Å²) in [5.74, 6) is 0.129. The lowest BCUT2D eigenvalue weighted by Gasteiger charge is -2.11. The summed E-state index contributed by atoms with van der Waals surface area (Å²) in [4.78, 5) is 29.9. The Hall–Kier alpha value is -3.73. The number of aryl methyl sites for hydroxylation is 1. The number of pyridine rings is 1. The van der Waals surface area contributed by atoms with E-state index in [9.17, 15) is 9.59 Å². The first-order valence-corrected chi connectivity index (χ1v) is 8.90. The molecule has 0 fully saturated rings. The van der Waals surface area contributed by atoms with Crippen LogP contribution in [0.2, 0.25) is 0 Å². The van der Waals surface area contributed by atoms with E-state index in [4.69, 9.17) is 4.42 Å². The molecule has 138 valence electrons. The van der Waals surface area contributed by atoms with Gasteiger partial charge in [-0.2, -0.15) is 0 Å². The predicted octanol–water partition coefficient (Wildman–Crippen LogP) is 4.72. The molecule has 2 aromatic carbocycles. The average Bonchev–Trinajstić information content (AvgIpc) is 2.72. The maximum atomic E-state index is 12.9. The van der Waals surface area contributed by atoms with E-state index in [1.165, 1.54) is 0 Å². The van der Waals surface area contributed by atoms with Crippen molar-refractivity contribution < 1.29 is 9.21 Å². The highest BCUT2D eigenvalue weighted by atomic mass is 16.3. The fourth-order valence-corrected chi connectivity index (χ4v) is 3.16. The van der Waals surface area contributed by atoms with Crippen LogP contribution in [0.4, 0.5) is 5.69 Å². The predicted molar refractivity (Wildman–Crippen MR) is 110 cm³/mol. The minimum Gasteiger partial charge on any atom is -0.455 e. The molecule has 0 saturated carbocycles. The normalized spacial score (nSPS) is 10.8. The van der Waals surface area contributed by atoms with Gasteiger partial charge in [-0.05, 0) is 37.6 Å². The molecule has 2 aromatic heterocycles. The number of fused-ring (bicyclic) bond motifs is 1. The van der Waals surface area contributed by atoms with Crippen molar-refractivity contribution in [1.82, 2.24) is 4.98 Å². The third-order valence-electron chi connectivity index (χ3n) is 4.69. The Kier molecular flexibility index (Phi) is 4.49. The molecule has 4 rings (SSSR count). The molecule has 1 amide bonds. The van der Waals surface area contributed by atoms with E-state index in [0.717, 1.165) is 11.1 Å². The molecule has 0 aliphatic rings. The van der Waals surface area contributed by atoms with Crippen LogP contribution in [0.5, 0.6) is 0 Å². The van der Waals surface area contributed by atoms with Gasteiger partial charge in [-0.3, -0.25) is 14.6 Å². The minimum absolute atomic E-state index is 0.144. The largest absolute Gasteiger partial charge is 0.455 e. The number of benzene rings is 2. The van der Waals surface area contributed by atoms with E-state index in [1.807, 2.05) is 37.3 Å². The number of hydrogen-bond acceptors (Lipinski definition) is 4. The molecule has 0 atom stereocenters. The van der Waals surface area contributed by atoms with Crippen molar-refractivity contribution in [2.45, 2.75) is 13.8 Å². The Bertz CT molecular complexity index is 1240. The van der Waals surface area contributed by atoms with Gasteiger partial charge >= 0.3 is 0 Å². The standard InChI is InChI=1S/C23H18N2O3/c1-14-13-24-12-11-19(14)25-23(27)18-10-6-9-17-20(26)15(2)21(28-22(17)18)16-7-4-3-5-8-16/h3-13H,1-2H3,(H,24,25,27). The average molecular weight is 370 g/mol. The maximum Gasteiger partial charge on any atom is 0.259 e. The SMILES string of the molecule is Cc1cnccc1NC(=O)c1cccc2c(=O)c(C)c(-c3ccccc3)oc12. The molecule has 0 unspecified atom stereocenters. The van der Waals surface area contributed by atoms with Crippen LogP contribution in [0, 0.1) is 13.8 Å². The van der Waals surface area contributed by atoms with Gasteiger partial charge in [-0.25, -0.2) is 0 Å². The summed E-state index contributed by atoms with van der Waals surface area (Å²) in [7, 11) is 0. The second-order valence-electron chi connectivity index (χ2n) is 6.58. The number of carbonyl (C=O) groups excluding carboxylic acids is 1. The maximum absolute atomic E-state index is 12.9. The van der Waals surface area contributed by atoms with Crippen molar-refractivity contribution in [2.24, 2.45) is 0 Å². The number of amides is 1. The Balaban J connectivity index is 1.88. The van der Waals surface area contributed by atoms with Crippen LogP contribution in [0.25, 0.3) is 22.3 Å². The monoisotopic (exact) mass is 370 g/mol. The fourth-order valence-electron chi connectivity index (χ4n) is 3.16. The van der Waals surface area contributed by atoms with E-state index >= 15 is 0 Å². The molecule has 5 heteroatoms. The molecule has 0 aliphatic heterocycles. The number of anilines is 1. The van der Waals surface area contributed by atoms with Crippen molar-refractivity contribution >= 4 is 22.6 Å². The highest BCUT2D eigenvalue weighted by Crippen LogP contribution is 2.27. The first-order chi connectivity index (χ1) is 13.6. The van der Waals surface area contributed by atoms with Crippen molar-refractivity contribution in [3.05, 3.63) is 93.9 Å². The lowest BCUT2D eigenvalue weighted by molar-refractivity contribution is 0.102. The number of carbonyl (C=O) groups is 1. The Morgan fingerprint density at radius 1 is 1.00 bits per heavy atom. The second kappa shape index (κ2) is 7.12. The Labute approximate surface area is 161 Å². The third kappa shape index (κ3) is 3.07. The zero-order valence-electron chi connectivity index (χ0n) is 15.5. The van der Waals surface area contributed by atoms with E-state index in [2.05, 4.69) is 10.3 Å². The number of nitrogens with one attached hydrogen (secondary N) is 1. The van der Waals surface area contributed by atoms with Crippen LogP contribution < -0.4 is 10.7 Å². The van der Waals surface area contributed by atoms with Crippen LogP contribution in [0.3, 0.4) is 0 Å². The first kappa shape index (κ1) is 17.7. The third-order valence-corrected chi connectivity index (χ3v) is 4.69. The molecule has 4 aromatic rings. The molecule has 0 spiro atoms. The van der Waals surface area contributed by atoms with Gasteiger partial charge in [0.05, 0.1) is 10.9 Å². The summed E-state index contributed by atoms with van der Waals surface area (Å²) >= 11 is 0. The second-order valence-corrected chi connectivity index (χ2v) is 6.58. The van der Waals surface area contributed by atoms with Crippen LogP contribution in [0.15, 0.2) is 76.2 Å². The minimum atomic E-state index is -0.342. The van der Waals surface area contributed by atoms with Crippen LogP contribution in [-0.2, 0) is 0 Å². The van der Waals surface area contributed by atoms with E-state index in [0.29, 0.717) is 28.0 Å². The molecule has 1 N–H and O–H groups in total. The van der Waals surface area contributed by atoms with Gasteiger partial charge < -0.3 is 9.73 Å². The van der Waals surface area contributed by atoms with Gasteiger partial charge in [0.2, 0.25) is 0 Å². The fraction of sp³-hybridized carbons (Fsp3) is 0.0870. The van der Waals surface area contributed by atoms with Gasteiger partial charge in [-0.1, -0.05) is 36.4 Å². The van der Waals surface area contributed by atoms with Gasteiger partial charge in [0.25, 0.3) is 5.91 Å². The zero-order chi connectivity index (χ0) is 19.7. The lowest BCUT2D eigenvalue weighted by Crippen LogP contribution is -2.15. The molecule has 5 nitrogen and oxygen atoms in total. The summed E-state index contributed by atoms with van der Waals surface area (Å²) in [6, 6.07) is 16.2. The van der Waals surface area contributed by atoms with Gasteiger partial charge in [0.15, 0.2) is 11.0 Å². The topological polar surface area (TPSA) is 72.2 Å². The van der Waals surface area contributed by atoms with E-state index in [-0.39, 0.29) is 16.9 Å². The summed E-state index contributed by atoms with van der Waals surface area (Å²) < 4.78 is 6.11. The first-order valence-electron chi connectivity index (χ1n) is 8.90. The van der Waals surface area contributed by atoms with Gasteiger partial charge in [-0.15, -0.1) is 0 Å². The number of hydrogen-bond donors (Lipinski definition) is 1.